The zero-order valence-electron chi connectivity index (χ0n) is 18.1. The van der Waals surface area contributed by atoms with Gasteiger partial charge >= 0.3 is 0 Å². The van der Waals surface area contributed by atoms with Crippen molar-refractivity contribution in [1.29, 1.82) is 0 Å². The van der Waals surface area contributed by atoms with Crippen LogP contribution in [0.4, 0.5) is 11.6 Å². The minimum atomic E-state index is -3.24. The van der Waals surface area contributed by atoms with Gasteiger partial charge in [-0.25, -0.2) is 13.4 Å². The van der Waals surface area contributed by atoms with Gasteiger partial charge in [-0.15, -0.1) is 0 Å². The maximum atomic E-state index is 11.7. The second-order valence-corrected chi connectivity index (χ2v) is 9.70. The summed E-state index contributed by atoms with van der Waals surface area (Å²) >= 11 is 0. The highest BCUT2D eigenvalue weighted by atomic mass is 32.2. The molecule has 162 valence electrons. The number of nitrogens with one attached hydrogen (secondary N) is 2. The summed E-state index contributed by atoms with van der Waals surface area (Å²) in [4.78, 5) is 12.4. The molecule has 2 aromatic heterocycles. The lowest BCUT2D eigenvalue weighted by atomic mass is 10.1. The summed E-state index contributed by atoms with van der Waals surface area (Å²) in [6.45, 7) is 8.06. The molecule has 7 nitrogen and oxygen atoms in total. The molecular formula is C22H31N5O2S. The molecule has 3 heterocycles. The van der Waals surface area contributed by atoms with Crippen LogP contribution in [0.2, 0.25) is 0 Å². The Morgan fingerprint density at radius 1 is 1.43 bits per heavy atom. The van der Waals surface area contributed by atoms with E-state index in [1.54, 1.807) is 12.1 Å². The van der Waals surface area contributed by atoms with Crippen molar-refractivity contribution in [3.05, 3.63) is 54.4 Å². The van der Waals surface area contributed by atoms with E-state index in [4.69, 9.17) is 0 Å². The predicted molar refractivity (Wildman–Crippen MR) is 123 cm³/mol. The third kappa shape index (κ3) is 4.70. The number of rotatable bonds is 8. The average molecular weight is 430 g/mol. The Kier molecular flexibility index (Phi) is 6.55. The number of hydrogen-bond acceptors (Lipinski definition) is 6. The summed E-state index contributed by atoms with van der Waals surface area (Å²) in [5.74, 6) is 1.76. The van der Waals surface area contributed by atoms with Crippen LogP contribution < -0.4 is 10.2 Å². The van der Waals surface area contributed by atoms with Gasteiger partial charge in [0, 0.05) is 63.1 Å². The first-order chi connectivity index (χ1) is 14.2. The van der Waals surface area contributed by atoms with E-state index < -0.39 is 9.84 Å². The number of H-pyrrole nitrogens is 1. The van der Waals surface area contributed by atoms with Crippen molar-refractivity contribution in [2.24, 2.45) is 0 Å². The summed E-state index contributed by atoms with van der Waals surface area (Å²) in [6.07, 6.45) is 8.63. The maximum Gasteiger partial charge on any atom is 0.177 e. The minimum absolute atomic E-state index is 0.239. The molecule has 1 aliphatic rings. The monoisotopic (exact) mass is 429 g/mol. The Bertz CT molecular complexity index is 1020. The van der Waals surface area contributed by atoms with Crippen molar-refractivity contribution in [3.63, 3.8) is 0 Å². The lowest BCUT2D eigenvalue weighted by Gasteiger charge is -2.28. The molecule has 0 spiro atoms. The summed E-state index contributed by atoms with van der Waals surface area (Å²) in [6, 6.07) is 5.76. The quantitative estimate of drug-likeness (QED) is 0.626. The Hall–Kier alpha value is -2.74. The van der Waals surface area contributed by atoms with Gasteiger partial charge in [0.15, 0.2) is 9.84 Å². The van der Waals surface area contributed by atoms with Gasteiger partial charge in [-0.3, -0.25) is 0 Å². The molecule has 1 saturated heterocycles. The molecule has 1 aliphatic heterocycles. The molecular weight excluding hydrogens is 398 g/mol. The molecule has 2 aromatic rings. The lowest BCUT2D eigenvalue weighted by molar-refractivity contribution is 0.480. The van der Waals surface area contributed by atoms with E-state index in [1.807, 2.05) is 20.3 Å². The summed E-state index contributed by atoms with van der Waals surface area (Å²) in [5, 5.41) is 3.23. The van der Waals surface area contributed by atoms with Gasteiger partial charge in [-0.1, -0.05) is 19.1 Å². The molecule has 0 bridgehead atoms. The normalized spacial score (nSPS) is 17.3. The van der Waals surface area contributed by atoms with Crippen LogP contribution in [0.1, 0.15) is 25.3 Å². The molecule has 1 unspecified atom stereocenters. The fraction of sp³-hybridized carbons (Fsp3) is 0.409. The maximum absolute atomic E-state index is 11.7. The minimum Gasteiger partial charge on any atom is -0.374 e. The van der Waals surface area contributed by atoms with Gasteiger partial charge < -0.3 is 20.1 Å². The van der Waals surface area contributed by atoms with Crippen molar-refractivity contribution >= 4 is 27.2 Å². The first-order valence-electron chi connectivity index (χ1n) is 10.1. The smallest absolute Gasteiger partial charge is 0.177 e. The summed E-state index contributed by atoms with van der Waals surface area (Å²) < 4.78 is 23.4. The van der Waals surface area contributed by atoms with Gasteiger partial charge in [0.05, 0.1) is 4.90 Å². The number of anilines is 2. The highest BCUT2D eigenvalue weighted by molar-refractivity contribution is 7.90. The number of sulfone groups is 1. The highest BCUT2D eigenvalue weighted by Gasteiger charge is 2.29. The number of hydrogen-bond donors (Lipinski definition) is 2. The van der Waals surface area contributed by atoms with Gasteiger partial charge in [0.25, 0.3) is 0 Å². The van der Waals surface area contributed by atoms with Gasteiger partial charge in [-0.2, -0.15) is 0 Å². The van der Waals surface area contributed by atoms with Crippen molar-refractivity contribution < 1.29 is 8.42 Å². The number of likely N-dealkylation sites (N-methyl/N-ethyl adjacent to an activating group) is 1. The fourth-order valence-electron chi connectivity index (χ4n) is 3.69. The number of likely N-dealkylation sites (tertiary alicyclic amines) is 1. The third-order valence-corrected chi connectivity index (χ3v) is 6.73. The Labute approximate surface area is 179 Å². The molecule has 0 saturated carbocycles. The summed E-state index contributed by atoms with van der Waals surface area (Å²) in [7, 11) is 0.681. The van der Waals surface area contributed by atoms with Crippen LogP contribution in [0.15, 0.2) is 53.7 Å². The second-order valence-electron chi connectivity index (χ2n) is 7.68. The third-order valence-electron chi connectivity index (χ3n) is 5.63. The van der Waals surface area contributed by atoms with Crippen molar-refractivity contribution in [2.45, 2.75) is 30.7 Å². The molecule has 0 aromatic carbocycles. The largest absolute Gasteiger partial charge is 0.374 e. The van der Waals surface area contributed by atoms with Crippen LogP contribution in [-0.4, -0.2) is 62.8 Å². The van der Waals surface area contributed by atoms with Crippen LogP contribution in [0.5, 0.6) is 0 Å². The van der Waals surface area contributed by atoms with Crippen LogP contribution in [0.3, 0.4) is 0 Å². The van der Waals surface area contributed by atoms with E-state index in [9.17, 15) is 8.42 Å². The molecule has 8 heteroatoms. The number of aromatic amines is 1. The average Bonchev–Trinajstić information content (AvgIpc) is 3.40. The van der Waals surface area contributed by atoms with E-state index in [1.165, 1.54) is 12.5 Å². The van der Waals surface area contributed by atoms with E-state index in [-0.39, 0.29) is 10.9 Å². The topological polar surface area (TPSA) is 81.3 Å². The standard InChI is InChI=1S/C22H31N5O2S/c1-6-16(2)13-20(19-9-11-24-22(19)23-3)27-12-10-17(15-27)26(4)21-8-7-18(14-25-21)30(5,28)29/h7-9,11,13-14,17,23-24H,2,6,10,12,15H2,1,3-5H3/b20-13+. The number of aromatic nitrogens is 2. The lowest BCUT2D eigenvalue weighted by Crippen LogP contribution is -2.34. The zero-order valence-corrected chi connectivity index (χ0v) is 19.0. The highest BCUT2D eigenvalue weighted by Crippen LogP contribution is 2.32. The molecule has 3 rings (SSSR count). The molecule has 2 N–H and O–H groups in total. The van der Waals surface area contributed by atoms with Crippen LogP contribution in [0, 0.1) is 0 Å². The Morgan fingerprint density at radius 2 is 2.20 bits per heavy atom. The molecule has 0 aliphatic carbocycles. The van der Waals surface area contributed by atoms with Crippen LogP contribution in [0.25, 0.3) is 5.70 Å². The Morgan fingerprint density at radius 3 is 2.80 bits per heavy atom. The zero-order chi connectivity index (χ0) is 21.9. The molecule has 1 atom stereocenters. The van der Waals surface area contributed by atoms with E-state index in [2.05, 4.69) is 50.7 Å². The number of allylic oxidation sites excluding steroid dienone is 2. The first-order valence-corrected chi connectivity index (χ1v) is 12.0. The SMILES string of the molecule is C=C(/C=C(\c1cc[nH]c1NC)N1CCC(N(C)c2ccc(S(C)(=O)=O)cn2)C1)CC. The van der Waals surface area contributed by atoms with Gasteiger partial charge in [-0.05, 0) is 37.1 Å². The van der Waals surface area contributed by atoms with Crippen LogP contribution >= 0.6 is 0 Å². The van der Waals surface area contributed by atoms with Crippen molar-refractivity contribution in [1.82, 2.24) is 14.9 Å². The molecule has 1 fully saturated rings. The van der Waals surface area contributed by atoms with Crippen molar-refractivity contribution in [2.75, 3.05) is 43.7 Å². The molecule has 30 heavy (non-hydrogen) atoms. The van der Waals surface area contributed by atoms with E-state index in [0.717, 1.165) is 54.4 Å². The number of pyridine rings is 1. The number of nitrogens with zero attached hydrogens (tertiary/aromatic N) is 3. The first kappa shape index (κ1) is 22.0. The Balaban J connectivity index is 1.81. The van der Waals surface area contributed by atoms with Crippen LogP contribution in [-0.2, 0) is 9.84 Å². The van der Waals surface area contributed by atoms with Gasteiger partial charge in [0.2, 0.25) is 0 Å². The fourth-order valence-corrected chi connectivity index (χ4v) is 4.25. The van der Waals surface area contributed by atoms with E-state index >= 15 is 0 Å². The van der Waals surface area contributed by atoms with E-state index in [0.29, 0.717) is 0 Å². The molecule has 0 amide bonds. The van der Waals surface area contributed by atoms with Crippen molar-refractivity contribution in [3.8, 4) is 0 Å². The second kappa shape index (κ2) is 8.95. The van der Waals surface area contributed by atoms with Gasteiger partial charge in [0.1, 0.15) is 11.6 Å². The predicted octanol–water partition coefficient (Wildman–Crippen LogP) is 3.37. The molecule has 0 radical (unpaired) electrons. The summed E-state index contributed by atoms with van der Waals surface area (Å²) in [5.41, 5.74) is 3.37.